The van der Waals surface area contributed by atoms with Crippen molar-refractivity contribution in [2.24, 2.45) is 11.1 Å². The second-order valence-corrected chi connectivity index (χ2v) is 6.97. The molecular weight excluding hydrogens is 311 g/mol. The Kier molecular flexibility index (Phi) is 4.34. The lowest BCUT2D eigenvalue weighted by Gasteiger charge is -2.37. The van der Waals surface area contributed by atoms with Gasteiger partial charge in [-0.15, -0.1) is 0 Å². The lowest BCUT2D eigenvalue weighted by Crippen LogP contribution is -2.60. The number of hydrogen-bond acceptors (Lipinski definition) is 3. The molecule has 0 bridgehead atoms. The molecular formula is C18H23FN2O3. The maximum Gasteiger partial charge on any atom is 0.245 e. The fraction of sp³-hybridized carbons (Fsp3) is 0.556. The van der Waals surface area contributed by atoms with Crippen molar-refractivity contribution in [1.82, 2.24) is 4.90 Å². The molecule has 130 valence electrons. The number of halogens is 1. The molecule has 1 aliphatic carbocycles. The summed E-state index contributed by atoms with van der Waals surface area (Å²) in [5.41, 5.74) is 5.03. The predicted octanol–water partition coefficient (Wildman–Crippen LogP) is 1.64. The van der Waals surface area contributed by atoms with Crippen molar-refractivity contribution in [3.63, 3.8) is 0 Å². The zero-order valence-electron chi connectivity index (χ0n) is 13.9. The van der Waals surface area contributed by atoms with E-state index in [0.717, 1.165) is 24.8 Å². The molecule has 1 heterocycles. The molecule has 0 aromatic heterocycles. The number of benzene rings is 1. The second kappa shape index (κ2) is 6.16. The molecule has 1 saturated heterocycles. The van der Waals surface area contributed by atoms with E-state index in [9.17, 15) is 14.0 Å². The van der Waals surface area contributed by atoms with Crippen molar-refractivity contribution in [3.05, 3.63) is 35.6 Å². The van der Waals surface area contributed by atoms with Crippen LogP contribution >= 0.6 is 0 Å². The smallest absolute Gasteiger partial charge is 0.245 e. The normalized spacial score (nSPS) is 24.8. The number of ether oxygens (including phenoxy) is 1. The molecule has 5 nitrogen and oxygen atoms in total. The largest absolute Gasteiger partial charge is 0.382 e. The van der Waals surface area contributed by atoms with Gasteiger partial charge in [0.15, 0.2) is 0 Å². The molecule has 2 aliphatic rings. The Hall–Kier alpha value is -1.95. The monoisotopic (exact) mass is 334 g/mol. The lowest BCUT2D eigenvalue weighted by molar-refractivity contribution is -0.150. The van der Waals surface area contributed by atoms with Crippen LogP contribution in [0.4, 0.5) is 4.39 Å². The Labute approximate surface area is 141 Å². The summed E-state index contributed by atoms with van der Waals surface area (Å²) in [7, 11) is 1.51. The molecule has 1 unspecified atom stereocenters. The number of primary amides is 1. The summed E-state index contributed by atoms with van der Waals surface area (Å²) >= 11 is 0. The third-order valence-electron chi connectivity index (χ3n) is 5.34. The van der Waals surface area contributed by atoms with E-state index in [1.165, 1.54) is 19.2 Å². The highest BCUT2D eigenvalue weighted by atomic mass is 19.1. The van der Waals surface area contributed by atoms with Crippen LogP contribution in [0.5, 0.6) is 0 Å². The van der Waals surface area contributed by atoms with Gasteiger partial charge in [-0.05, 0) is 49.8 Å². The highest BCUT2D eigenvalue weighted by Crippen LogP contribution is 2.51. The van der Waals surface area contributed by atoms with Crippen LogP contribution in [0.2, 0.25) is 0 Å². The summed E-state index contributed by atoms with van der Waals surface area (Å²) in [5.74, 6) is -0.824. The van der Waals surface area contributed by atoms with E-state index in [1.54, 1.807) is 17.0 Å². The number of carbonyl (C=O) groups excluding carboxylic acids is 2. The van der Waals surface area contributed by atoms with Crippen LogP contribution in [-0.2, 0) is 20.7 Å². The van der Waals surface area contributed by atoms with Gasteiger partial charge in [-0.25, -0.2) is 4.39 Å². The van der Waals surface area contributed by atoms with Crippen LogP contribution < -0.4 is 5.73 Å². The quantitative estimate of drug-likeness (QED) is 0.859. The van der Waals surface area contributed by atoms with Gasteiger partial charge in [0.2, 0.25) is 11.8 Å². The molecule has 1 aromatic rings. The van der Waals surface area contributed by atoms with Gasteiger partial charge in [0, 0.05) is 13.7 Å². The van der Waals surface area contributed by atoms with E-state index >= 15 is 0 Å². The molecule has 1 saturated carbocycles. The van der Waals surface area contributed by atoms with E-state index in [1.807, 2.05) is 0 Å². The zero-order chi connectivity index (χ0) is 17.4. The topological polar surface area (TPSA) is 72.6 Å². The third kappa shape index (κ3) is 2.79. The molecule has 3 rings (SSSR count). The van der Waals surface area contributed by atoms with Crippen LogP contribution in [0.25, 0.3) is 0 Å². The van der Waals surface area contributed by atoms with Crippen molar-refractivity contribution in [2.45, 2.75) is 37.6 Å². The number of carbonyl (C=O) groups is 2. The number of methoxy groups -OCH3 is 1. The molecule has 1 aromatic carbocycles. The van der Waals surface area contributed by atoms with Gasteiger partial charge < -0.3 is 15.4 Å². The summed E-state index contributed by atoms with van der Waals surface area (Å²) in [6, 6.07) is 6.24. The first-order chi connectivity index (χ1) is 11.4. The molecule has 6 heteroatoms. The van der Waals surface area contributed by atoms with Gasteiger partial charge in [-0.2, -0.15) is 0 Å². The SMILES string of the molecule is COCC1(C(N)=O)CCCN1C(=O)C1(Cc2ccc(F)cc2)CC1. The van der Waals surface area contributed by atoms with Gasteiger partial charge in [-0.1, -0.05) is 12.1 Å². The summed E-state index contributed by atoms with van der Waals surface area (Å²) in [5, 5.41) is 0. The number of nitrogens with two attached hydrogens (primary N) is 1. The van der Waals surface area contributed by atoms with Crippen LogP contribution in [-0.4, -0.2) is 42.5 Å². The van der Waals surface area contributed by atoms with Gasteiger partial charge in [0.25, 0.3) is 0 Å². The van der Waals surface area contributed by atoms with Crippen molar-refractivity contribution >= 4 is 11.8 Å². The molecule has 2 fully saturated rings. The van der Waals surface area contributed by atoms with Crippen molar-refractivity contribution < 1.29 is 18.7 Å². The number of hydrogen-bond donors (Lipinski definition) is 1. The zero-order valence-corrected chi connectivity index (χ0v) is 13.9. The van der Waals surface area contributed by atoms with Gasteiger partial charge in [0.1, 0.15) is 11.4 Å². The van der Waals surface area contributed by atoms with Crippen LogP contribution in [0, 0.1) is 11.2 Å². The summed E-state index contributed by atoms with van der Waals surface area (Å²) in [6.45, 7) is 0.650. The molecule has 1 aliphatic heterocycles. The number of amides is 2. The van der Waals surface area contributed by atoms with E-state index in [2.05, 4.69) is 0 Å². The highest BCUT2D eigenvalue weighted by Gasteiger charge is 2.58. The molecule has 0 spiro atoms. The Morgan fingerprint density at radius 1 is 1.25 bits per heavy atom. The van der Waals surface area contributed by atoms with Crippen LogP contribution in [0.3, 0.4) is 0 Å². The average Bonchev–Trinajstić information content (AvgIpc) is 3.21. The maximum atomic E-state index is 13.2. The summed E-state index contributed by atoms with van der Waals surface area (Å²) in [4.78, 5) is 26.9. The fourth-order valence-electron chi connectivity index (χ4n) is 3.79. The van der Waals surface area contributed by atoms with Gasteiger partial charge in [-0.3, -0.25) is 9.59 Å². The molecule has 24 heavy (non-hydrogen) atoms. The van der Waals surface area contributed by atoms with Crippen molar-refractivity contribution in [3.8, 4) is 0 Å². The Morgan fingerprint density at radius 2 is 1.92 bits per heavy atom. The molecule has 2 N–H and O–H groups in total. The van der Waals surface area contributed by atoms with E-state index in [4.69, 9.17) is 10.5 Å². The van der Waals surface area contributed by atoms with Crippen LogP contribution in [0.15, 0.2) is 24.3 Å². The maximum absolute atomic E-state index is 13.2. The summed E-state index contributed by atoms with van der Waals surface area (Å²) < 4.78 is 18.3. The van der Waals surface area contributed by atoms with Gasteiger partial charge >= 0.3 is 0 Å². The number of rotatable bonds is 6. The Balaban J connectivity index is 1.82. The van der Waals surface area contributed by atoms with E-state index in [0.29, 0.717) is 19.4 Å². The van der Waals surface area contributed by atoms with Crippen LogP contribution in [0.1, 0.15) is 31.2 Å². The second-order valence-electron chi connectivity index (χ2n) is 6.97. The molecule has 1 atom stereocenters. The number of likely N-dealkylation sites (tertiary alicyclic amines) is 1. The third-order valence-corrected chi connectivity index (χ3v) is 5.34. The minimum absolute atomic E-state index is 0.0276. The first-order valence-electron chi connectivity index (χ1n) is 8.29. The predicted molar refractivity (Wildman–Crippen MR) is 86.5 cm³/mol. The van der Waals surface area contributed by atoms with Crippen molar-refractivity contribution in [2.75, 3.05) is 20.3 Å². The van der Waals surface area contributed by atoms with E-state index in [-0.39, 0.29) is 18.3 Å². The first kappa shape index (κ1) is 16.9. The highest BCUT2D eigenvalue weighted by molar-refractivity contribution is 5.94. The minimum atomic E-state index is -1.04. The fourth-order valence-corrected chi connectivity index (χ4v) is 3.79. The molecule has 2 amide bonds. The molecule has 0 radical (unpaired) electrons. The summed E-state index contributed by atoms with van der Waals surface area (Å²) in [6.07, 6.45) is 3.40. The van der Waals surface area contributed by atoms with Crippen molar-refractivity contribution in [1.29, 1.82) is 0 Å². The standard InChI is InChI=1S/C18H23FN2O3/c1-24-12-18(15(20)22)7-2-10-21(18)16(23)17(8-9-17)11-13-3-5-14(19)6-4-13/h3-6H,2,7-12H2,1H3,(H2,20,22). The Morgan fingerprint density at radius 3 is 2.46 bits per heavy atom. The lowest BCUT2D eigenvalue weighted by atomic mass is 9.91. The number of nitrogens with zero attached hydrogens (tertiary/aromatic N) is 1. The first-order valence-corrected chi connectivity index (χ1v) is 8.29. The Bertz CT molecular complexity index is 642. The van der Waals surface area contributed by atoms with E-state index < -0.39 is 16.9 Å². The minimum Gasteiger partial charge on any atom is -0.382 e. The average molecular weight is 334 g/mol. The van der Waals surface area contributed by atoms with Gasteiger partial charge in [0.05, 0.1) is 12.0 Å².